The van der Waals surface area contributed by atoms with Crippen molar-refractivity contribution < 1.29 is 53.3 Å². The standard InChI is InChI=1S/C8H9N.2HI/c1-2-4-8-7(3-1)5-6-9-8;;/h1-4,9H,5-6H2;2*1H/p-1. The van der Waals surface area contributed by atoms with Crippen LogP contribution >= 0.6 is 0 Å². The lowest BCUT2D eigenvalue weighted by atomic mass is 10.2. The zero-order valence-electron chi connectivity index (χ0n) is 6.06. The van der Waals surface area contributed by atoms with Gasteiger partial charge in [0.05, 0.1) is 6.54 Å². The van der Waals surface area contributed by atoms with Gasteiger partial charge in [-0.15, -0.1) is 0 Å². The van der Waals surface area contributed by atoms with Crippen molar-refractivity contribution >= 4 is 5.69 Å². The second-order valence-electron chi connectivity index (χ2n) is 2.44. The Morgan fingerprint density at radius 3 is 2.55 bits per heavy atom. The molecule has 0 spiro atoms. The molecule has 0 amide bonds. The molecule has 1 nitrogen and oxygen atoms in total. The van der Waals surface area contributed by atoms with Crippen molar-refractivity contribution in [3.63, 3.8) is 0 Å². The summed E-state index contributed by atoms with van der Waals surface area (Å²) in [5.74, 6) is 0. The molecular formula is C8H10I2N-. The minimum atomic E-state index is 0. The first-order chi connectivity index (χ1) is 4.47. The molecule has 11 heavy (non-hydrogen) atoms. The molecule has 1 aliphatic heterocycles. The average molecular weight is 374 g/mol. The van der Waals surface area contributed by atoms with Crippen molar-refractivity contribution in [1.29, 1.82) is 0 Å². The largest absolute Gasteiger partial charge is 1.00 e. The Morgan fingerprint density at radius 2 is 1.82 bits per heavy atom. The lowest BCUT2D eigenvalue weighted by molar-refractivity contribution is -0.561. The summed E-state index contributed by atoms with van der Waals surface area (Å²) in [5, 5.41) is 2.30. The molecule has 0 saturated heterocycles. The summed E-state index contributed by atoms with van der Waals surface area (Å²) >= 11 is 0. The minimum absolute atomic E-state index is 0. The third-order valence-corrected chi connectivity index (χ3v) is 1.83. The lowest BCUT2D eigenvalue weighted by Crippen LogP contribution is -3.00. The number of benzene rings is 1. The van der Waals surface area contributed by atoms with Crippen molar-refractivity contribution in [3.05, 3.63) is 29.8 Å². The van der Waals surface area contributed by atoms with E-state index in [4.69, 9.17) is 0 Å². The minimum Gasteiger partial charge on any atom is -1.00 e. The van der Waals surface area contributed by atoms with Gasteiger partial charge in [0.2, 0.25) is 0 Å². The molecule has 1 aromatic rings. The second-order valence-corrected chi connectivity index (χ2v) is 2.44. The number of para-hydroxylation sites is 1. The van der Waals surface area contributed by atoms with Crippen LogP contribution in [-0.4, -0.2) is 6.54 Å². The van der Waals surface area contributed by atoms with Gasteiger partial charge in [-0.1, -0.05) is 18.2 Å². The third-order valence-electron chi connectivity index (χ3n) is 1.83. The zero-order valence-corrected chi connectivity index (χ0v) is 10.4. The Morgan fingerprint density at radius 1 is 1.09 bits per heavy atom. The first kappa shape index (κ1) is 11.6. The van der Waals surface area contributed by atoms with Crippen molar-refractivity contribution in [2.24, 2.45) is 0 Å². The van der Waals surface area contributed by atoms with Crippen LogP contribution in [0.4, 0.5) is 5.69 Å². The molecule has 0 aliphatic carbocycles. The van der Waals surface area contributed by atoms with Crippen LogP contribution in [0.5, 0.6) is 0 Å². The maximum absolute atomic E-state index is 2.30. The number of hydrogen-bond acceptors (Lipinski definition) is 0. The summed E-state index contributed by atoms with van der Waals surface area (Å²) in [7, 11) is 0. The Labute approximate surface area is 101 Å². The zero-order chi connectivity index (χ0) is 6.10. The number of hydrogen-bond donors (Lipinski definition) is 1. The molecule has 1 aliphatic rings. The molecule has 2 rings (SSSR count). The summed E-state index contributed by atoms with van der Waals surface area (Å²) in [6.45, 7) is 1.24. The van der Waals surface area contributed by atoms with E-state index >= 15 is 0 Å². The normalized spacial score (nSPS) is 12.7. The third kappa shape index (κ3) is 2.55. The summed E-state index contributed by atoms with van der Waals surface area (Å²) in [5.41, 5.74) is 2.95. The van der Waals surface area contributed by atoms with E-state index in [0.29, 0.717) is 0 Å². The molecule has 2 N–H and O–H groups in total. The van der Waals surface area contributed by atoms with E-state index in [1.165, 1.54) is 24.2 Å². The number of nitrogens with two attached hydrogens (primary N) is 1. The average Bonchev–Trinajstić information content (AvgIpc) is 2.33. The molecule has 0 atom stereocenters. The Kier molecular flexibility index (Phi) is 5.62. The first-order valence-electron chi connectivity index (χ1n) is 3.38. The highest BCUT2D eigenvalue weighted by atomic mass is 127. The Bertz CT molecular complexity index is 202. The van der Waals surface area contributed by atoms with Crippen LogP contribution in [0.3, 0.4) is 0 Å². The number of rotatable bonds is 0. The van der Waals surface area contributed by atoms with Gasteiger partial charge >= 0.3 is 0 Å². The van der Waals surface area contributed by atoms with E-state index in [1.54, 1.807) is 0 Å². The highest BCUT2D eigenvalue weighted by Crippen LogP contribution is 2.12. The summed E-state index contributed by atoms with van der Waals surface area (Å²) in [4.78, 5) is 0. The van der Waals surface area contributed by atoms with Crippen molar-refractivity contribution in [3.8, 4) is 0 Å². The summed E-state index contributed by atoms with van der Waals surface area (Å²) in [6, 6.07) is 8.60. The maximum atomic E-state index is 2.30. The van der Waals surface area contributed by atoms with Crippen LogP contribution < -0.4 is 53.3 Å². The van der Waals surface area contributed by atoms with E-state index in [9.17, 15) is 0 Å². The van der Waals surface area contributed by atoms with Gasteiger partial charge in [-0.2, -0.15) is 0 Å². The van der Waals surface area contributed by atoms with Gasteiger partial charge in [0.25, 0.3) is 0 Å². The molecule has 62 valence electrons. The van der Waals surface area contributed by atoms with E-state index < -0.39 is 0 Å². The quantitative estimate of drug-likeness (QED) is 0.345. The fourth-order valence-electron chi connectivity index (χ4n) is 1.34. The maximum Gasteiger partial charge on any atom is 0.133 e. The predicted octanol–water partition coefficient (Wildman–Crippen LogP) is -5.55. The molecule has 0 aromatic heterocycles. The van der Waals surface area contributed by atoms with E-state index in [0.717, 1.165) is 0 Å². The van der Waals surface area contributed by atoms with Gasteiger partial charge in [-0.3, -0.25) is 0 Å². The molecule has 0 unspecified atom stereocenters. The van der Waals surface area contributed by atoms with Gasteiger partial charge < -0.3 is 53.3 Å². The fraction of sp³-hybridized carbons (Fsp3) is 0.250. The molecule has 1 heterocycles. The molecule has 3 heteroatoms. The topological polar surface area (TPSA) is 16.6 Å². The molecule has 0 bridgehead atoms. The highest BCUT2D eigenvalue weighted by molar-refractivity contribution is 5.40. The summed E-state index contributed by atoms with van der Waals surface area (Å²) < 4.78 is 0. The Hall–Kier alpha value is 0.640. The number of quaternary nitrogens is 1. The van der Waals surface area contributed by atoms with Crippen molar-refractivity contribution in [1.82, 2.24) is 0 Å². The van der Waals surface area contributed by atoms with E-state index in [-0.39, 0.29) is 48.0 Å². The van der Waals surface area contributed by atoms with Crippen LogP contribution in [0.25, 0.3) is 0 Å². The molecule has 0 saturated carbocycles. The smallest absolute Gasteiger partial charge is 0.133 e. The van der Waals surface area contributed by atoms with Gasteiger partial charge in [0.1, 0.15) is 5.69 Å². The second kappa shape index (κ2) is 5.31. The van der Waals surface area contributed by atoms with Crippen LogP contribution in [0.1, 0.15) is 5.56 Å². The monoisotopic (exact) mass is 374 g/mol. The van der Waals surface area contributed by atoms with Crippen LogP contribution in [0.15, 0.2) is 24.3 Å². The molecule has 0 radical (unpaired) electrons. The van der Waals surface area contributed by atoms with Crippen LogP contribution in [0, 0.1) is 0 Å². The van der Waals surface area contributed by atoms with Gasteiger partial charge in [-0.25, -0.2) is 0 Å². The van der Waals surface area contributed by atoms with Gasteiger partial charge in [0.15, 0.2) is 0 Å². The van der Waals surface area contributed by atoms with Crippen molar-refractivity contribution in [2.45, 2.75) is 6.42 Å². The van der Waals surface area contributed by atoms with E-state index in [1.807, 2.05) is 0 Å². The molecule has 1 aromatic carbocycles. The van der Waals surface area contributed by atoms with E-state index in [2.05, 4.69) is 29.6 Å². The van der Waals surface area contributed by atoms with Crippen molar-refractivity contribution in [2.75, 3.05) is 6.54 Å². The SMILES string of the molecule is [I-].[I-].c1ccc2c(c1)CC[NH2+]2. The fourth-order valence-corrected chi connectivity index (χ4v) is 1.34. The van der Waals surface area contributed by atoms with Gasteiger partial charge in [0, 0.05) is 12.0 Å². The number of fused-ring (bicyclic) bond motifs is 1. The predicted molar refractivity (Wildman–Crippen MR) is 36.6 cm³/mol. The van der Waals surface area contributed by atoms with Crippen LogP contribution in [0.2, 0.25) is 0 Å². The first-order valence-corrected chi connectivity index (χ1v) is 3.38. The molecular weight excluding hydrogens is 364 g/mol. The Balaban J connectivity index is 0.000000500. The van der Waals surface area contributed by atoms with Crippen LogP contribution in [-0.2, 0) is 6.42 Å². The van der Waals surface area contributed by atoms with Gasteiger partial charge in [-0.05, 0) is 6.07 Å². The lowest BCUT2D eigenvalue weighted by Gasteiger charge is -1.89. The number of halogens is 2. The highest BCUT2D eigenvalue weighted by Gasteiger charge is 2.11. The molecule has 0 fully saturated rings. The summed E-state index contributed by atoms with van der Waals surface area (Å²) in [6.07, 6.45) is 1.25.